The summed E-state index contributed by atoms with van der Waals surface area (Å²) in [6.07, 6.45) is 0.639. The van der Waals surface area contributed by atoms with Crippen LogP contribution in [0.1, 0.15) is 26.3 Å². The summed E-state index contributed by atoms with van der Waals surface area (Å²) in [4.78, 5) is 24.2. The number of nitrogens with one attached hydrogen (secondary N) is 1. The molecule has 0 saturated heterocycles. The minimum Gasteiger partial charge on any atom is -0.490 e. The Morgan fingerprint density at radius 3 is 2.44 bits per heavy atom. The average molecular weight is 352 g/mol. The number of ether oxygens (including phenoxy) is 2. The SMILES string of the molecule is CCOc1ccc(CCNC(=O)N(C)CC(C)C(=O)O)cc1OCC. The molecule has 0 spiro atoms. The Hall–Kier alpha value is -2.44. The Balaban J connectivity index is 2.53. The molecule has 7 heteroatoms. The molecule has 0 heterocycles. The van der Waals surface area contributed by atoms with Crippen molar-refractivity contribution in [2.75, 3.05) is 33.4 Å². The van der Waals surface area contributed by atoms with Gasteiger partial charge in [-0.15, -0.1) is 0 Å². The fourth-order valence-electron chi connectivity index (χ4n) is 2.27. The largest absolute Gasteiger partial charge is 0.490 e. The molecule has 1 unspecified atom stereocenters. The molecule has 1 atom stereocenters. The highest BCUT2D eigenvalue weighted by atomic mass is 16.5. The smallest absolute Gasteiger partial charge is 0.317 e. The maximum atomic E-state index is 12.0. The Labute approximate surface area is 148 Å². The molecular formula is C18H28N2O5. The van der Waals surface area contributed by atoms with E-state index in [4.69, 9.17) is 14.6 Å². The number of urea groups is 1. The highest BCUT2D eigenvalue weighted by molar-refractivity contribution is 5.75. The molecule has 0 aromatic heterocycles. The summed E-state index contributed by atoms with van der Waals surface area (Å²) in [6, 6.07) is 5.43. The highest BCUT2D eigenvalue weighted by Gasteiger charge is 2.17. The van der Waals surface area contributed by atoms with Crippen LogP contribution in [-0.2, 0) is 11.2 Å². The van der Waals surface area contributed by atoms with Gasteiger partial charge in [0.25, 0.3) is 0 Å². The predicted molar refractivity (Wildman–Crippen MR) is 95.3 cm³/mol. The molecule has 0 saturated carbocycles. The third kappa shape index (κ3) is 6.91. The maximum Gasteiger partial charge on any atom is 0.317 e. The van der Waals surface area contributed by atoms with Crippen LogP contribution in [0, 0.1) is 5.92 Å². The highest BCUT2D eigenvalue weighted by Crippen LogP contribution is 2.28. The molecule has 0 aliphatic heterocycles. The molecule has 25 heavy (non-hydrogen) atoms. The lowest BCUT2D eigenvalue weighted by Crippen LogP contribution is -2.41. The summed E-state index contributed by atoms with van der Waals surface area (Å²) in [5, 5.41) is 11.7. The summed E-state index contributed by atoms with van der Waals surface area (Å²) in [5.74, 6) is -0.117. The van der Waals surface area contributed by atoms with Crippen molar-refractivity contribution in [1.29, 1.82) is 0 Å². The van der Waals surface area contributed by atoms with Gasteiger partial charge in [-0.25, -0.2) is 4.79 Å². The topological polar surface area (TPSA) is 88.1 Å². The zero-order chi connectivity index (χ0) is 18.8. The number of carboxylic acids is 1. The standard InChI is InChI=1S/C18H28N2O5/c1-5-24-15-8-7-14(11-16(15)25-6-2)9-10-19-18(23)20(4)12-13(3)17(21)22/h7-8,11,13H,5-6,9-10,12H2,1-4H3,(H,19,23)(H,21,22). The molecule has 0 bridgehead atoms. The minimum absolute atomic E-state index is 0.165. The van der Waals surface area contributed by atoms with Gasteiger partial charge in [-0.1, -0.05) is 13.0 Å². The summed E-state index contributed by atoms with van der Waals surface area (Å²) < 4.78 is 11.1. The first-order valence-electron chi connectivity index (χ1n) is 8.49. The van der Waals surface area contributed by atoms with Gasteiger partial charge in [-0.2, -0.15) is 0 Å². The van der Waals surface area contributed by atoms with Crippen LogP contribution in [0.3, 0.4) is 0 Å². The van der Waals surface area contributed by atoms with Crippen molar-refractivity contribution in [2.45, 2.75) is 27.2 Å². The minimum atomic E-state index is -0.919. The first kappa shape index (κ1) is 20.6. The third-order valence-electron chi connectivity index (χ3n) is 3.61. The molecule has 140 valence electrons. The number of rotatable bonds is 10. The van der Waals surface area contributed by atoms with E-state index in [1.54, 1.807) is 14.0 Å². The lowest BCUT2D eigenvalue weighted by atomic mass is 10.1. The molecule has 0 fully saturated rings. The number of carbonyl (C=O) groups is 2. The molecular weight excluding hydrogens is 324 g/mol. The molecule has 0 aliphatic carbocycles. The van der Waals surface area contributed by atoms with Gasteiger partial charge in [-0.3, -0.25) is 4.79 Å². The second-order valence-corrected chi connectivity index (χ2v) is 5.75. The van der Waals surface area contributed by atoms with Crippen LogP contribution in [0.25, 0.3) is 0 Å². The second kappa shape index (κ2) is 10.4. The van der Waals surface area contributed by atoms with E-state index in [0.29, 0.717) is 37.7 Å². The van der Waals surface area contributed by atoms with Gasteiger partial charge in [0.15, 0.2) is 11.5 Å². The van der Waals surface area contributed by atoms with E-state index in [0.717, 1.165) is 5.56 Å². The van der Waals surface area contributed by atoms with Gasteiger partial charge in [-0.05, 0) is 38.0 Å². The van der Waals surface area contributed by atoms with Crippen molar-refractivity contribution in [1.82, 2.24) is 10.2 Å². The lowest BCUT2D eigenvalue weighted by molar-refractivity contribution is -0.141. The number of carboxylic acid groups (broad SMARTS) is 1. The van der Waals surface area contributed by atoms with Gasteiger partial charge >= 0.3 is 12.0 Å². The van der Waals surface area contributed by atoms with Crippen LogP contribution < -0.4 is 14.8 Å². The van der Waals surface area contributed by atoms with E-state index in [-0.39, 0.29) is 12.6 Å². The van der Waals surface area contributed by atoms with E-state index >= 15 is 0 Å². The quantitative estimate of drug-likeness (QED) is 0.675. The molecule has 2 amide bonds. The predicted octanol–water partition coefficient (Wildman–Crippen LogP) is 2.39. The lowest BCUT2D eigenvalue weighted by Gasteiger charge is -2.20. The van der Waals surface area contributed by atoms with E-state index in [2.05, 4.69) is 5.32 Å². The van der Waals surface area contributed by atoms with Crippen molar-refractivity contribution in [3.8, 4) is 11.5 Å². The summed E-state index contributed by atoms with van der Waals surface area (Å²) in [7, 11) is 1.58. The zero-order valence-electron chi connectivity index (χ0n) is 15.4. The van der Waals surface area contributed by atoms with E-state index < -0.39 is 11.9 Å². The van der Waals surface area contributed by atoms with Gasteiger partial charge in [0.05, 0.1) is 19.1 Å². The van der Waals surface area contributed by atoms with Crippen LogP contribution in [0.15, 0.2) is 18.2 Å². The van der Waals surface area contributed by atoms with E-state index in [1.165, 1.54) is 4.90 Å². The molecule has 7 nitrogen and oxygen atoms in total. The van der Waals surface area contributed by atoms with Crippen LogP contribution in [-0.4, -0.2) is 55.4 Å². The van der Waals surface area contributed by atoms with Crippen LogP contribution in [0.5, 0.6) is 11.5 Å². The third-order valence-corrected chi connectivity index (χ3v) is 3.61. The number of amides is 2. The van der Waals surface area contributed by atoms with Crippen molar-refractivity contribution < 1.29 is 24.2 Å². The van der Waals surface area contributed by atoms with Crippen LogP contribution >= 0.6 is 0 Å². The molecule has 0 aliphatic rings. The van der Waals surface area contributed by atoms with Gasteiger partial charge < -0.3 is 24.8 Å². The number of hydrogen-bond donors (Lipinski definition) is 2. The average Bonchev–Trinajstić information content (AvgIpc) is 2.57. The van der Waals surface area contributed by atoms with Gasteiger partial charge in [0.1, 0.15) is 0 Å². The first-order chi connectivity index (χ1) is 11.9. The Bertz CT molecular complexity index is 577. The Morgan fingerprint density at radius 1 is 1.20 bits per heavy atom. The van der Waals surface area contributed by atoms with Crippen LogP contribution in [0.4, 0.5) is 4.79 Å². The van der Waals surface area contributed by atoms with Crippen molar-refractivity contribution in [2.24, 2.45) is 5.92 Å². The fourth-order valence-corrected chi connectivity index (χ4v) is 2.27. The number of benzene rings is 1. The van der Waals surface area contributed by atoms with E-state index in [1.807, 2.05) is 32.0 Å². The van der Waals surface area contributed by atoms with Crippen molar-refractivity contribution in [3.63, 3.8) is 0 Å². The van der Waals surface area contributed by atoms with Crippen LogP contribution in [0.2, 0.25) is 0 Å². The number of carbonyl (C=O) groups excluding carboxylic acids is 1. The normalized spacial score (nSPS) is 11.5. The fraction of sp³-hybridized carbons (Fsp3) is 0.556. The molecule has 2 N–H and O–H groups in total. The van der Waals surface area contributed by atoms with Gasteiger partial charge in [0, 0.05) is 20.1 Å². The van der Waals surface area contributed by atoms with Crippen molar-refractivity contribution in [3.05, 3.63) is 23.8 Å². The molecule has 0 radical (unpaired) electrons. The second-order valence-electron chi connectivity index (χ2n) is 5.75. The summed E-state index contributed by atoms with van der Waals surface area (Å²) >= 11 is 0. The Kier molecular flexibility index (Phi) is 8.60. The summed E-state index contributed by atoms with van der Waals surface area (Å²) in [6.45, 7) is 7.13. The number of aliphatic carboxylic acids is 1. The first-order valence-corrected chi connectivity index (χ1v) is 8.49. The number of hydrogen-bond acceptors (Lipinski definition) is 4. The summed E-state index contributed by atoms with van der Waals surface area (Å²) in [5.41, 5.74) is 1.02. The monoisotopic (exact) mass is 352 g/mol. The van der Waals surface area contributed by atoms with E-state index in [9.17, 15) is 9.59 Å². The molecule has 1 aromatic carbocycles. The molecule has 1 aromatic rings. The Morgan fingerprint density at radius 2 is 1.84 bits per heavy atom. The van der Waals surface area contributed by atoms with Gasteiger partial charge in [0.2, 0.25) is 0 Å². The molecule has 1 rings (SSSR count). The number of nitrogens with zero attached hydrogens (tertiary/aromatic N) is 1. The van der Waals surface area contributed by atoms with Crippen molar-refractivity contribution >= 4 is 12.0 Å². The zero-order valence-corrected chi connectivity index (χ0v) is 15.4. The maximum absolute atomic E-state index is 12.0.